The number of anilines is 1. The van der Waals surface area contributed by atoms with Crippen LogP contribution in [0.1, 0.15) is 0 Å². The van der Waals surface area contributed by atoms with Gasteiger partial charge in [0.15, 0.2) is 0 Å². The fourth-order valence-electron chi connectivity index (χ4n) is 2.01. The number of ether oxygens (including phenoxy) is 1. The molecular formula is C14H12ClFN3O. The van der Waals surface area contributed by atoms with Gasteiger partial charge in [-0.2, -0.15) is 0 Å². The van der Waals surface area contributed by atoms with Crippen LogP contribution in [-0.4, -0.2) is 36.3 Å². The zero-order valence-electron chi connectivity index (χ0n) is 10.6. The number of hydrogen-bond acceptors (Lipinski definition) is 4. The molecule has 1 saturated heterocycles. The predicted octanol–water partition coefficient (Wildman–Crippen LogP) is 2.57. The topological polar surface area (TPSA) is 38.2 Å². The number of rotatable bonds is 2. The second-order valence-corrected chi connectivity index (χ2v) is 4.83. The Hall–Kier alpha value is -1.72. The van der Waals surface area contributed by atoms with Gasteiger partial charge in [0.25, 0.3) is 0 Å². The molecule has 1 fully saturated rings. The quantitative estimate of drug-likeness (QED) is 0.853. The van der Waals surface area contributed by atoms with Crippen LogP contribution in [0.3, 0.4) is 0 Å². The minimum absolute atomic E-state index is 0.0770. The normalized spacial score (nSPS) is 15.4. The van der Waals surface area contributed by atoms with E-state index < -0.39 is 5.82 Å². The van der Waals surface area contributed by atoms with Crippen molar-refractivity contribution < 1.29 is 9.13 Å². The van der Waals surface area contributed by atoms with Crippen molar-refractivity contribution in [3.8, 4) is 11.1 Å². The number of hydrogen-bond donors (Lipinski definition) is 0. The van der Waals surface area contributed by atoms with Crippen LogP contribution in [0.25, 0.3) is 11.1 Å². The number of nitrogens with zero attached hydrogens (tertiary/aromatic N) is 3. The van der Waals surface area contributed by atoms with Crippen molar-refractivity contribution >= 4 is 17.5 Å². The fourth-order valence-corrected chi connectivity index (χ4v) is 2.19. The van der Waals surface area contributed by atoms with E-state index in [1.54, 1.807) is 18.3 Å². The second kappa shape index (κ2) is 5.73. The highest BCUT2D eigenvalue weighted by molar-refractivity contribution is 6.31. The summed E-state index contributed by atoms with van der Waals surface area (Å²) in [5, 5.41) is 0.0770. The third kappa shape index (κ3) is 2.73. The van der Waals surface area contributed by atoms with Gasteiger partial charge in [-0.3, -0.25) is 0 Å². The molecule has 0 bridgehead atoms. The van der Waals surface area contributed by atoms with Crippen molar-refractivity contribution in [1.82, 2.24) is 9.97 Å². The highest BCUT2D eigenvalue weighted by Gasteiger charge is 2.14. The summed E-state index contributed by atoms with van der Waals surface area (Å²) in [5.41, 5.74) is 1.42. The molecule has 0 N–H and O–H groups in total. The largest absolute Gasteiger partial charge is 0.378 e. The molecule has 1 radical (unpaired) electrons. The molecule has 3 rings (SSSR count). The third-order valence-electron chi connectivity index (χ3n) is 3.11. The zero-order valence-corrected chi connectivity index (χ0v) is 11.4. The Labute approximate surface area is 121 Å². The molecule has 1 aromatic carbocycles. The summed E-state index contributed by atoms with van der Waals surface area (Å²) in [7, 11) is 0. The molecule has 2 aromatic rings. The Morgan fingerprint density at radius 3 is 2.75 bits per heavy atom. The zero-order chi connectivity index (χ0) is 13.9. The first-order chi connectivity index (χ1) is 9.74. The monoisotopic (exact) mass is 292 g/mol. The van der Waals surface area contributed by atoms with Crippen LogP contribution >= 0.6 is 11.6 Å². The van der Waals surface area contributed by atoms with Gasteiger partial charge in [-0.25, -0.2) is 14.4 Å². The number of halogens is 2. The van der Waals surface area contributed by atoms with Crippen LogP contribution in [0, 0.1) is 12.0 Å². The molecule has 1 aromatic heterocycles. The van der Waals surface area contributed by atoms with E-state index in [-0.39, 0.29) is 5.02 Å². The van der Waals surface area contributed by atoms with Crippen molar-refractivity contribution in [3.63, 3.8) is 0 Å². The van der Waals surface area contributed by atoms with Gasteiger partial charge >= 0.3 is 0 Å². The highest BCUT2D eigenvalue weighted by Crippen LogP contribution is 2.24. The molecule has 0 atom stereocenters. The summed E-state index contributed by atoms with van der Waals surface area (Å²) in [6, 6.07) is 4.49. The maximum Gasteiger partial charge on any atom is 0.226 e. The van der Waals surface area contributed by atoms with Crippen molar-refractivity contribution in [3.05, 3.63) is 41.4 Å². The van der Waals surface area contributed by atoms with E-state index in [1.165, 1.54) is 6.07 Å². The van der Waals surface area contributed by atoms with E-state index in [9.17, 15) is 4.39 Å². The number of aromatic nitrogens is 2. The van der Waals surface area contributed by atoms with Crippen molar-refractivity contribution in [1.29, 1.82) is 0 Å². The van der Waals surface area contributed by atoms with Crippen LogP contribution < -0.4 is 4.90 Å². The Balaban J connectivity index is 1.83. The molecule has 0 aliphatic carbocycles. The standard InChI is InChI=1S/C14H12ClFN3O/c15-12-7-10(1-2-13(12)16)11-8-17-14(18-9-11)19-3-5-20-6-4-19/h1-2,7-8H,3-6H2. The van der Waals surface area contributed by atoms with Crippen molar-refractivity contribution in [2.75, 3.05) is 31.2 Å². The van der Waals surface area contributed by atoms with E-state index >= 15 is 0 Å². The average Bonchev–Trinajstić information content (AvgIpc) is 2.51. The van der Waals surface area contributed by atoms with Crippen LogP contribution in [-0.2, 0) is 4.74 Å². The van der Waals surface area contributed by atoms with Gasteiger partial charge in [0.1, 0.15) is 12.0 Å². The molecule has 4 nitrogen and oxygen atoms in total. The number of morpholine rings is 1. The molecule has 2 heterocycles. The molecule has 0 amide bonds. The SMILES string of the molecule is Fc1ccc(-c2[c]nc(N3CCOCC3)nc2)cc1Cl. The van der Waals surface area contributed by atoms with Crippen LogP contribution in [0.5, 0.6) is 0 Å². The fraction of sp³-hybridized carbons (Fsp3) is 0.286. The minimum Gasteiger partial charge on any atom is -0.378 e. The molecule has 0 saturated carbocycles. The molecular weight excluding hydrogens is 281 g/mol. The first-order valence-electron chi connectivity index (χ1n) is 6.27. The van der Waals surface area contributed by atoms with Crippen LogP contribution in [0.2, 0.25) is 5.02 Å². The van der Waals surface area contributed by atoms with Gasteiger partial charge in [0, 0.05) is 24.8 Å². The summed E-state index contributed by atoms with van der Waals surface area (Å²) < 4.78 is 18.4. The van der Waals surface area contributed by atoms with E-state index in [1.807, 2.05) is 4.90 Å². The summed E-state index contributed by atoms with van der Waals surface area (Å²) in [6.07, 6.45) is 4.59. The highest BCUT2D eigenvalue weighted by atomic mass is 35.5. The second-order valence-electron chi connectivity index (χ2n) is 4.42. The smallest absolute Gasteiger partial charge is 0.226 e. The third-order valence-corrected chi connectivity index (χ3v) is 3.40. The van der Waals surface area contributed by atoms with Crippen molar-refractivity contribution in [2.45, 2.75) is 0 Å². The number of benzene rings is 1. The molecule has 0 spiro atoms. The average molecular weight is 293 g/mol. The lowest BCUT2D eigenvalue weighted by Gasteiger charge is -2.26. The summed E-state index contributed by atoms with van der Waals surface area (Å²) in [4.78, 5) is 10.6. The van der Waals surface area contributed by atoms with Gasteiger partial charge in [-0.05, 0) is 17.7 Å². The lowest BCUT2D eigenvalue weighted by atomic mass is 10.1. The molecule has 103 valence electrons. The Morgan fingerprint density at radius 2 is 2.10 bits per heavy atom. The first kappa shape index (κ1) is 13.3. The maximum atomic E-state index is 13.1. The Bertz CT molecular complexity index is 600. The summed E-state index contributed by atoms with van der Waals surface area (Å²) >= 11 is 5.76. The Kier molecular flexibility index (Phi) is 3.80. The minimum atomic E-state index is -0.443. The van der Waals surface area contributed by atoms with E-state index in [4.69, 9.17) is 16.3 Å². The van der Waals surface area contributed by atoms with E-state index in [2.05, 4.69) is 16.2 Å². The van der Waals surface area contributed by atoms with Gasteiger partial charge < -0.3 is 9.64 Å². The molecule has 1 aliphatic rings. The van der Waals surface area contributed by atoms with Crippen molar-refractivity contribution in [2.24, 2.45) is 0 Å². The van der Waals surface area contributed by atoms with E-state index in [0.29, 0.717) is 24.7 Å². The first-order valence-corrected chi connectivity index (χ1v) is 6.65. The predicted molar refractivity (Wildman–Crippen MR) is 74.3 cm³/mol. The van der Waals surface area contributed by atoms with E-state index in [0.717, 1.165) is 18.7 Å². The molecule has 1 aliphatic heterocycles. The van der Waals surface area contributed by atoms with Gasteiger partial charge in [-0.1, -0.05) is 17.7 Å². The van der Waals surface area contributed by atoms with Gasteiger partial charge in [0.05, 0.1) is 18.2 Å². The Morgan fingerprint density at radius 1 is 1.30 bits per heavy atom. The van der Waals surface area contributed by atoms with Gasteiger partial charge in [-0.15, -0.1) is 0 Å². The van der Waals surface area contributed by atoms with Gasteiger partial charge in [0.2, 0.25) is 5.95 Å². The van der Waals surface area contributed by atoms with Crippen LogP contribution in [0.15, 0.2) is 24.4 Å². The lowest BCUT2D eigenvalue weighted by molar-refractivity contribution is 0.122. The molecule has 20 heavy (non-hydrogen) atoms. The molecule has 0 unspecified atom stereocenters. The summed E-state index contributed by atoms with van der Waals surface area (Å²) in [5.74, 6) is 0.187. The van der Waals surface area contributed by atoms with Crippen LogP contribution in [0.4, 0.5) is 10.3 Å². The molecule has 6 heteroatoms. The maximum absolute atomic E-state index is 13.1. The lowest BCUT2D eigenvalue weighted by Crippen LogP contribution is -2.37. The summed E-state index contributed by atoms with van der Waals surface area (Å²) in [6.45, 7) is 2.91.